The molecule has 2 aromatic carbocycles. The van der Waals surface area contributed by atoms with E-state index in [-0.39, 0.29) is 31.8 Å². The van der Waals surface area contributed by atoms with E-state index in [0.717, 1.165) is 11.1 Å². The predicted octanol–water partition coefficient (Wildman–Crippen LogP) is 6.02. The van der Waals surface area contributed by atoms with Crippen molar-refractivity contribution in [3.8, 4) is 11.1 Å². The van der Waals surface area contributed by atoms with Crippen molar-refractivity contribution in [3.05, 3.63) is 60.2 Å². The topological polar surface area (TPSA) is 105 Å². The molecule has 8 nitrogen and oxygen atoms in total. The molecular weight excluding hydrogens is 512 g/mol. The number of hydrogen-bond acceptors (Lipinski definition) is 8. The molecule has 0 N–H and O–H groups in total. The van der Waals surface area contributed by atoms with Crippen molar-refractivity contribution < 1.29 is 38.1 Å². The average molecular weight is 555 g/mol. The summed E-state index contributed by atoms with van der Waals surface area (Å²) in [6.45, 7) is 10.5. The van der Waals surface area contributed by atoms with Gasteiger partial charge in [-0.3, -0.25) is 14.4 Å². The summed E-state index contributed by atoms with van der Waals surface area (Å²) < 4.78 is 21.5. The molecule has 2 aromatic rings. The third-order valence-electron chi connectivity index (χ3n) is 6.24. The maximum absolute atomic E-state index is 12.7. The highest BCUT2D eigenvalue weighted by atomic mass is 16.6. The molecule has 0 saturated heterocycles. The molecule has 0 fully saturated rings. The Hall–Kier alpha value is -3.68. The summed E-state index contributed by atoms with van der Waals surface area (Å²) >= 11 is 0. The quantitative estimate of drug-likeness (QED) is 0.150. The van der Waals surface area contributed by atoms with Crippen LogP contribution in [0.3, 0.4) is 0 Å². The molecule has 0 heterocycles. The molecule has 8 heteroatoms. The summed E-state index contributed by atoms with van der Waals surface area (Å²) in [6.07, 6.45) is 0.435. The van der Waals surface area contributed by atoms with Crippen LogP contribution >= 0.6 is 0 Å². The minimum absolute atomic E-state index is 0.0944. The molecule has 3 unspecified atom stereocenters. The minimum Gasteiger partial charge on any atom is -0.465 e. The monoisotopic (exact) mass is 554 g/mol. The van der Waals surface area contributed by atoms with Gasteiger partial charge in [0.2, 0.25) is 0 Å². The summed E-state index contributed by atoms with van der Waals surface area (Å²) in [5.41, 5.74) is 2.23. The van der Waals surface area contributed by atoms with E-state index in [1.807, 2.05) is 42.5 Å². The molecule has 40 heavy (non-hydrogen) atoms. The molecule has 0 saturated carbocycles. The van der Waals surface area contributed by atoms with Crippen molar-refractivity contribution in [1.29, 1.82) is 0 Å². The molecule has 0 amide bonds. The number of unbranched alkanes of at least 4 members (excludes halogenated alkanes) is 1. The summed E-state index contributed by atoms with van der Waals surface area (Å²) in [5.74, 6) is -4.18. The second-order valence-corrected chi connectivity index (χ2v) is 10.4. The van der Waals surface area contributed by atoms with Crippen LogP contribution in [0.4, 0.5) is 0 Å². The Bertz CT molecular complexity index is 1110. The van der Waals surface area contributed by atoms with E-state index in [4.69, 9.17) is 18.9 Å². The molecule has 218 valence electrons. The van der Waals surface area contributed by atoms with Gasteiger partial charge in [-0.2, -0.15) is 0 Å². The van der Waals surface area contributed by atoms with Crippen LogP contribution in [0.1, 0.15) is 71.2 Å². The van der Waals surface area contributed by atoms with Crippen LogP contribution in [0.15, 0.2) is 54.6 Å². The van der Waals surface area contributed by atoms with E-state index in [0.29, 0.717) is 18.4 Å². The molecule has 0 aliphatic rings. The van der Waals surface area contributed by atoms with Crippen LogP contribution in [0.25, 0.3) is 11.1 Å². The summed E-state index contributed by atoms with van der Waals surface area (Å²) in [6, 6.07) is 16.9. The SMILES string of the molecule is CC(C)OC(=O)C(C)C(CC(C)C(=O)OCCCCOC(=O)c1ccccc1-c1ccccc1)C(=O)OC(C)C. The van der Waals surface area contributed by atoms with E-state index in [1.54, 1.807) is 53.7 Å². The van der Waals surface area contributed by atoms with Crippen molar-refractivity contribution in [1.82, 2.24) is 0 Å². The standard InChI is InChI=1S/C32H42O8/c1-21(2)39-30(34)24(6)28(32(36)40-22(3)4)20-23(5)29(33)37-18-12-13-19-38-31(35)27-17-11-10-16-26(27)25-14-8-7-9-15-25/h7-11,14-17,21-24,28H,12-13,18-20H2,1-6H3. The number of ether oxygens (including phenoxy) is 4. The van der Waals surface area contributed by atoms with Gasteiger partial charge in [-0.15, -0.1) is 0 Å². The first-order valence-corrected chi connectivity index (χ1v) is 13.9. The van der Waals surface area contributed by atoms with E-state index < -0.39 is 41.6 Å². The van der Waals surface area contributed by atoms with Gasteiger partial charge >= 0.3 is 23.9 Å². The van der Waals surface area contributed by atoms with Gasteiger partial charge in [0.05, 0.1) is 48.7 Å². The molecule has 2 rings (SSSR count). The Labute approximate surface area is 237 Å². The summed E-state index contributed by atoms with van der Waals surface area (Å²) in [5, 5.41) is 0. The maximum Gasteiger partial charge on any atom is 0.338 e. The van der Waals surface area contributed by atoms with Crippen molar-refractivity contribution in [2.45, 2.75) is 73.0 Å². The Morgan fingerprint density at radius 1 is 0.650 bits per heavy atom. The lowest BCUT2D eigenvalue weighted by Crippen LogP contribution is -2.35. The van der Waals surface area contributed by atoms with Gasteiger partial charge in [0.25, 0.3) is 0 Å². The highest BCUT2D eigenvalue weighted by Crippen LogP contribution is 2.26. The molecule has 0 aromatic heterocycles. The zero-order chi connectivity index (χ0) is 29.7. The summed E-state index contributed by atoms with van der Waals surface area (Å²) in [7, 11) is 0. The average Bonchev–Trinajstić information content (AvgIpc) is 2.92. The number of benzene rings is 2. The van der Waals surface area contributed by atoms with Crippen LogP contribution < -0.4 is 0 Å². The van der Waals surface area contributed by atoms with Crippen molar-refractivity contribution in [2.24, 2.45) is 17.8 Å². The minimum atomic E-state index is -0.839. The molecule has 0 spiro atoms. The third-order valence-corrected chi connectivity index (χ3v) is 6.24. The van der Waals surface area contributed by atoms with E-state index in [2.05, 4.69) is 0 Å². The highest BCUT2D eigenvalue weighted by Gasteiger charge is 2.36. The predicted molar refractivity (Wildman–Crippen MR) is 151 cm³/mol. The second kappa shape index (κ2) is 16.4. The molecular formula is C32H42O8. The molecule has 0 aliphatic carbocycles. The van der Waals surface area contributed by atoms with Gasteiger partial charge in [-0.05, 0) is 64.2 Å². The zero-order valence-corrected chi connectivity index (χ0v) is 24.4. The first-order valence-electron chi connectivity index (χ1n) is 13.9. The Balaban J connectivity index is 1.82. The van der Waals surface area contributed by atoms with Gasteiger partial charge in [0, 0.05) is 0 Å². The van der Waals surface area contributed by atoms with Gasteiger partial charge in [-0.25, -0.2) is 4.79 Å². The molecule has 0 aliphatic heterocycles. The van der Waals surface area contributed by atoms with Crippen LogP contribution in [0.2, 0.25) is 0 Å². The van der Waals surface area contributed by atoms with Crippen molar-refractivity contribution >= 4 is 23.9 Å². The fourth-order valence-electron chi connectivity index (χ4n) is 4.10. The van der Waals surface area contributed by atoms with Crippen LogP contribution in [0.5, 0.6) is 0 Å². The van der Waals surface area contributed by atoms with Crippen molar-refractivity contribution in [3.63, 3.8) is 0 Å². The third kappa shape index (κ3) is 10.5. The molecule has 0 bridgehead atoms. The van der Waals surface area contributed by atoms with Crippen LogP contribution in [-0.4, -0.2) is 49.3 Å². The number of carbonyl (C=O) groups excluding carboxylic acids is 4. The van der Waals surface area contributed by atoms with E-state index in [9.17, 15) is 19.2 Å². The number of rotatable bonds is 15. The molecule has 3 atom stereocenters. The number of carbonyl (C=O) groups is 4. The van der Waals surface area contributed by atoms with E-state index >= 15 is 0 Å². The fourth-order valence-corrected chi connectivity index (χ4v) is 4.10. The Morgan fingerprint density at radius 2 is 1.20 bits per heavy atom. The second-order valence-electron chi connectivity index (χ2n) is 10.4. The first-order chi connectivity index (χ1) is 19.0. The normalized spacial score (nSPS) is 13.3. The largest absolute Gasteiger partial charge is 0.465 e. The van der Waals surface area contributed by atoms with Gasteiger partial charge in [0.1, 0.15) is 0 Å². The zero-order valence-electron chi connectivity index (χ0n) is 24.4. The lowest BCUT2D eigenvalue weighted by molar-refractivity contribution is -0.166. The van der Waals surface area contributed by atoms with Gasteiger partial charge < -0.3 is 18.9 Å². The number of esters is 4. The Morgan fingerprint density at radius 3 is 1.82 bits per heavy atom. The lowest BCUT2D eigenvalue weighted by atomic mass is 9.85. The first kappa shape index (κ1) is 32.5. The fraction of sp³-hybridized carbons (Fsp3) is 0.500. The van der Waals surface area contributed by atoms with Crippen molar-refractivity contribution in [2.75, 3.05) is 13.2 Å². The Kier molecular flexibility index (Phi) is 13.4. The molecule has 0 radical (unpaired) electrons. The van der Waals surface area contributed by atoms with Gasteiger partial charge in [-0.1, -0.05) is 62.4 Å². The smallest absolute Gasteiger partial charge is 0.338 e. The van der Waals surface area contributed by atoms with Gasteiger partial charge in [0.15, 0.2) is 0 Å². The number of hydrogen-bond donors (Lipinski definition) is 0. The van der Waals surface area contributed by atoms with Crippen LogP contribution in [-0.2, 0) is 33.3 Å². The van der Waals surface area contributed by atoms with E-state index in [1.165, 1.54) is 0 Å². The highest BCUT2D eigenvalue weighted by molar-refractivity contribution is 5.97. The van der Waals surface area contributed by atoms with Crippen LogP contribution in [0, 0.1) is 17.8 Å². The maximum atomic E-state index is 12.7. The summed E-state index contributed by atoms with van der Waals surface area (Å²) in [4.78, 5) is 50.5. The lowest BCUT2D eigenvalue weighted by Gasteiger charge is -2.25.